The van der Waals surface area contributed by atoms with E-state index in [0.717, 1.165) is 36.0 Å². The number of aromatic nitrogens is 4. The fourth-order valence-corrected chi connectivity index (χ4v) is 4.12. The average Bonchev–Trinajstić information content (AvgIpc) is 3.27. The third-order valence-corrected chi connectivity index (χ3v) is 5.50. The van der Waals surface area contributed by atoms with E-state index in [-0.39, 0.29) is 11.9 Å². The molecule has 0 radical (unpaired) electrons. The van der Waals surface area contributed by atoms with Gasteiger partial charge in [0.1, 0.15) is 11.2 Å². The molecular formula is C16H24N6OS. The van der Waals surface area contributed by atoms with Crippen molar-refractivity contribution in [3.8, 4) is 0 Å². The summed E-state index contributed by atoms with van der Waals surface area (Å²) in [5.74, 6) is 0.715. The second kappa shape index (κ2) is 7.29. The molecule has 0 bridgehead atoms. The fourth-order valence-electron chi connectivity index (χ4n) is 3.19. The summed E-state index contributed by atoms with van der Waals surface area (Å²) in [6.45, 7) is 6.61. The van der Waals surface area contributed by atoms with Crippen LogP contribution in [0.25, 0.3) is 0 Å². The van der Waals surface area contributed by atoms with Crippen molar-refractivity contribution in [3.05, 3.63) is 22.7 Å². The molecule has 1 fully saturated rings. The minimum absolute atomic E-state index is 0.109. The maximum absolute atomic E-state index is 12.6. The third kappa shape index (κ3) is 3.43. The number of carbonyl (C=O) groups is 1. The SMILES string of the molecule is CCNc1nc(C)c(C(=O)N[C@@H](C)c2nncn2C2CCCC2)s1. The highest BCUT2D eigenvalue weighted by Gasteiger charge is 2.24. The summed E-state index contributed by atoms with van der Waals surface area (Å²) in [4.78, 5) is 17.6. The molecule has 3 rings (SSSR count). The number of aryl methyl sites for hydroxylation is 1. The van der Waals surface area contributed by atoms with Crippen molar-refractivity contribution in [2.75, 3.05) is 11.9 Å². The van der Waals surface area contributed by atoms with Crippen LogP contribution in [0.5, 0.6) is 0 Å². The Morgan fingerprint density at radius 2 is 2.21 bits per heavy atom. The molecule has 2 aromatic rings. The molecule has 0 unspecified atom stereocenters. The van der Waals surface area contributed by atoms with Crippen LogP contribution in [0.4, 0.5) is 5.13 Å². The van der Waals surface area contributed by atoms with Crippen molar-refractivity contribution < 1.29 is 4.79 Å². The summed E-state index contributed by atoms with van der Waals surface area (Å²) in [6.07, 6.45) is 6.60. The van der Waals surface area contributed by atoms with Crippen LogP contribution in [0.15, 0.2) is 6.33 Å². The summed E-state index contributed by atoms with van der Waals surface area (Å²) < 4.78 is 2.13. The van der Waals surface area contributed by atoms with Crippen molar-refractivity contribution in [1.82, 2.24) is 25.1 Å². The Kier molecular flexibility index (Phi) is 5.13. The number of nitrogens with one attached hydrogen (secondary N) is 2. The van der Waals surface area contributed by atoms with E-state index >= 15 is 0 Å². The number of nitrogens with zero attached hydrogens (tertiary/aromatic N) is 4. The topological polar surface area (TPSA) is 84.7 Å². The van der Waals surface area contributed by atoms with Gasteiger partial charge in [0, 0.05) is 12.6 Å². The number of amides is 1. The van der Waals surface area contributed by atoms with Gasteiger partial charge in [0.25, 0.3) is 5.91 Å². The lowest BCUT2D eigenvalue weighted by Crippen LogP contribution is -2.29. The number of hydrogen-bond donors (Lipinski definition) is 2. The molecule has 0 aliphatic heterocycles. The first kappa shape index (κ1) is 16.9. The molecule has 1 aliphatic rings. The van der Waals surface area contributed by atoms with Gasteiger partial charge in [0.05, 0.1) is 11.7 Å². The fraction of sp³-hybridized carbons (Fsp3) is 0.625. The Hall–Kier alpha value is -1.96. The summed E-state index contributed by atoms with van der Waals surface area (Å²) in [7, 11) is 0. The molecule has 1 amide bonds. The van der Waals surface area contributed by atoms with E-state index in [0.29, 0.717) is 10.9 Å². The van der Waals surface area contributed by atoms with Crippen molar-refractivity contribution in [2.45, 2.75) is 58.5 Å². The number of thiazole rings is 1. The molecule has 1 atom stereocenters. The Morgan fingerprint density at radius 1 is 1.46 bits per heavy atom. The van der Waals surface area contributed by atoms with Crippen LogP contribution < -0.4 is 10.6 Å². The first-order valence-electron chi connectivity index (χ1n) is 8.51. The molecule has 8 heteroatoms. The molecule has 7 nitrogen and oxygen atoms in total. The van der Waals surface area contributed by atoms with E-state index < -0.39 is 0 Å². The van der Waals surface area contributed by atoms with E-state index in [1.54, 1.807) is 6.33 Å². The van der Waals surface area contributed by atoms with Gasteiger partial charge in [-0.3, -0.25) is 4.79 Å². The molecule has 0 saturated heterocycles. The highest BCUT2D eigenvalue weighted by molar-refractivity contribution is 7.17. The van der Waals surface area contributed by atoms with Gasteiger partial charge in [-0.25, -0.2) is 4.98 Å². The molecule has 2 N–H and O–H groups in total. The normalized spacial score (nSPS) is 16.3. The molecular weight excluding hydrogens is 324 g/mol. The first-order valence-corrected chi connectivity index (χ1v) is 9.33. The number of rotatable bonds is 6. The van der Waals surface area contributed by atoms with Crippen LogP contribution in [0.2, 0.25) is 0 Å². The minimum Gasteiger partial charge on any atom is -0.362 e. The average molecular weight is 348 g/mol. The lowest BCUT2D eigenvalue weighted by molar-refractivity contribution is 0.0940. The Bertz CT molecular complexity index is 703. The minimum atomic E-state index is -0.190. The summed E-state index contributed by atoms with van der Waals surface area (Å²) in [6, 6.07) is 0.268. The van der Waals surface area contributed by atoms with Gasteiger partial charge in [0.15, 0.2) is 11.0 Å². The molecule has 0 spiro atoms. The maximum atomic E-state index is 12.6. The highest BCUT2D eigenvalue weighted by Crippen LogP contribution is 2.31. The zero-order chi connectivity index (χ0) is 17.1. The lowest BCUT2D eigenvalue weighted by atomic mass is 10.2. The van der Waals surface area contributed by atoms with E-state index in [2.05, 4.69) is 30.4 Å². The highest BCUT2D eigenvalue weighted by atomic mass is 32.1. The smallest absolute Gasteiger partial charge is 0.263 e. The van der Waals surface area contributed by atoms with Crippen LogP contribution in [-0.4, -0.2) is 32.2 Å². The molecule has 2 heterocycles. The molecule has 0 aromatic carbocycles. The second-order valence-corrected chi connectivity index (χ2v) is 7.19. The molecule has 130 valence electrons. The van der Waals surface area contributed by atoms with Crippen LogP contribution >= 0.6 is 11.3 Å². The summed E-state index contributed by atoms with van der Waals surface area (Å²) in [5, 5.41) is 15.3. The summed E-state index contributed by atoms with van der Waals surface area (Å²) >= 11 is 1.38. The second-order valence-electron chi connectivity index (χ2n) is 6.19. The van der Waals surface area contributed by atoms with Gasteiger partial charge < -0.3 is 15.2 Å². The molecule has 24 heavy (non-hydrogen) atoms. The zero-order valence-corrected chi connectivity index (χ0v) is 15.2. The van der Waals surface area contributed by atoms with E-state index in [1.165, 1.54) is 24.2 Å². The van der Waals surface area contributed by atoms with Crippen LogP contribution in [0.1, 0.15) is 72.8 Å². The van der Waals surface area contributed by atoms with Crippen molar-refractivity contribution >= 4 is 22.4 Å². The zero-order valence-electron chi connectivity index (χ0n) is 14.4. The Balaban J connectivity index is 1.71. The predicted octanol–water partition coefficient (Wildman–Crippen LogP) is 3.08. The van der Waals surface area contributed by atoms with Crippen molar-refractivity contribution in [1.29, 1.82) is 0 Å². The lowest BCUT2D eigenvalue weighted by Gasteiger charge is -2.18. The first-order chi connectivity index (χ1) is 11.6. The Labute approximate surface area is 145 Å². The molecule has 1 aliphatic carbocycles. The molecule has 2 aromatic heterocycles. The largest absolute Gasteiger partial charge is 0.362 e. The van der Waals surface area contributed by atoms with E-state index in [9.17, 15) is 4.79 Å². The van der Waals surface area contributed by atoms with Crippen LogP contribution in [-0.2, 0) is 0 Å². The predicted molar refractivity (Wildman–Crippen MR) is 94.4 cm³/mol. The van der Waals surface area contributed by atoms with E-state index in [4.69, 9.17) is 0 Å². The quantitative estimate of drug-likeness (QED) is 0.838. The summed E-state index contributed by atoms with van der Waals surface area (Å²) in [5.41, 5.74) is 0.748. The van der Waals surface area contributed by atoms with Gasteiger partial charge in [-0.1, -0.05) is 24.2 Å². The standard InChI is InChI=1S/C16H24N6OS/c1-4-17-16-20-10(2)13(24-16)15(23)19-11(3)14-21-18-9-22(14)12-7-5-6-8-12/h9,11-12H,4-8H2,1-3H3,(H,17,20)(H,19,23)/t11-/m0/s1. The van der Waals surface area contributed by atoms with E-state index in [1.807, 2.05) is 20.8 Å². The number of anilines is 1. The Morgan fingerprint density at radius 3 is 2.92 bits per heavy atom. The maximum Gasteiger partial charge on any atom is 0.263 e. The molecule has 1 saturated carbocycles. The number of hydrogen-bond acceptors (Lipinski definition) is 6. The van der Waals surface area contributed by atoms with Crippen molar-refractivity contribution in [3.63, 3.8) is 0 Å². The van der Waals surface area contributed by atoms with Gasteiger partial charge in [-0.05, 0) is 33.6 Å². The number of carbonyl (C=O) groups excluding carboxylic acids is 1. The van der Waals surface area contributed by atoms with Gasteiger partial charge in [-0.2, -0.15) is 0 Å². The van der Waals surface area contributed by atoms with Gasteiger partial charge in [-0.15, -0.1) is 10.2 Å². The van der Waals surface area contributed by atoms with Gasteiger partial charge in [0.2, 0.25) is 0 Å². The van der Waals surface area contributed by atoms with Gasteiger partial charge >= 0.3 is 0 Å². The van der Waals surface area contributed by atoms with Crippen LogP contribution in [0.3, 0.4) is 0 Å². The van der Waals surface area contributed by atoms with Crippen LogP contribution in [0, 0.1) is 6.92 Å². The third-order valence-electron chi connectivity index (χ3n) is 4.38. The monoisotopic (exact) mass is 348 g/mol. The van der Waals surface area contributed by atoms with Crippen molar-refractivity contribution in [2.24, 2.45) is 0 Å².